The summed E-state index contributed by atoms with van der Waals surface area (Å²) in [6, 6.07) is 25.2. The molecule has 0 saturated carbocycles. The molecule has 0 aliphatic carbocycles. The highest BCUT2D eigenvalue weighted by Gasteiger charge is 2.34. The number of ether oxygens (including phenoxy) is 2. The SMILES string of the molecule is CN1CCC(OC2c3ccccc3CCn3c2nc(I)c3I)CC1.Cc1c(-c2ccc(C(=O)N3CCC(O)CC3)cc2)nc2n1CCc1ccccc1C2OC1CCN(C)CC1. The maximum Gasteiger partial charge on any atom is 0.253 e. The zero-order valence-electron chi connectivity index (χ0n) is 36.2. The van der Waals surface area contributed by atoms with Crippen LogP contribution in [0.4, 0.5) is 0 Å². The lowest BCUT2D eigenvalue weighted by Crippen LogP contribution is -2.40. The molecule has 13 heteroatoms. The van der Waals surface area contributed by atoms with Gasteiger partial charge in [-0.3, -0.25) is 4.79 Å². The Hall–Kier alpha value is -3.19. The molecule has 5 aliphatic heterocycles. The van der Waals surface area contributed by atoms with Gasteiger partial charge in [-0.15, -0.1) is 0 Å². The van der Waals surface area contributed by atoms with Gasteiger partial charge in [0.1, 0.15) is 31.3 Å². The van der Waals surface area contributed by atoms with Crippen LogP contribution in [0, 0.1) is 14.3 Å². The summed E-state index contributed by atoms with van der Waals surface area (Å²) in [5.74, 6) is 2.09. The number of fused-ring (bicyclic) bond motifs is 4. The van der Waals surface area contributed by atoms with E-state index in [0.717, 1.165) is 110 Å². The Morgan fingerprint density at radius 3 is 1.69 bits per heavy atom. The minimum absolute atomic E-state index is 0.0315. The van der Waals surface area contributed by atoms with Gasteiger partial charge in [0, 0.05) is 69.2 Å². The molecule has 2 unspecified atom stereocenters. The second-order valence-electron chi connectivity index (χ2n) is 17.8. The van der Waals surface area contributed by atoms with Gasteiger partial charge < -0.3 is 38.4 Å². The summed E-state index contributed by atoms with van der Waals surface area (Å²) in [5.41, 5.74) is 9.05. The molecule has 10 rings (SSSR count). The number of aliphatic hydroxyl groups is 1. The quantitative estimate of drug-likeness (QED) is 0.171. The second kappa shape index (κ2) is 19.5. The van der Waals surface area contributed by atoms with Crippen molar-refractivity contribution in [2.24, 2.45) is 0 Å². The number of rotatable bonds is 6. The summed E-state index contributed by atoms with van der Waals surface area (Å²) in [5, 5.41) is 9.77. The fraction of sp³-hybridized carbons (Fsp3) is 0.490. The van der Waals surface area contributed by atoms with Crippen molar-refractivity contribution in [3.63, 3.8) is 0 Å². The number of carbonyl (C=O) groups is 1. The van der Waals surface area contributed by atoms with E-state index in [0.29, 0.717) is 37.6 Å². The number of hydrogen-bond acceptors (Lipinski definition) is 8. The van der Waals surface area contributed by atoms with Crippen molar-refractivity contribution in [1.29, 1.82) is 0 Å². The predicted molar refractivity (Wildman–Crippen MR) is 258 cm³/mol. The van der Waals surface area contributed by atoms with Crippen molar-refractivity contribution < 1.29 is 19.4 Å². The Bertz CT molecular complexity index is 2340. The minimum Gasteiger partial charge on any atom is -0.393 e. The van der Waals surface area contributed by atoms with Crippen LogP contribution in [0.25, 0.3) is 11.3 Å². The zero-order chi connectivity index (χ0) is 42.9. The van der Waals surface area contributed by atoms with Crippen LogP contribution in [0.1, 0.15) is 101 Å². The number of aryl methyl sites for hydroxylation is 2. The first-order valence-corrected chi connectivity index (χ1v) is 24.7. The summed E-state index contributed by atoms with van der Waals surface area (Å²) in [4.78, 5) is 29.7. The van der Waals surface area contributed by atoms with Crippen LogP contribution >= 0.6 is 45.2 Å². The topological polar surface area (TPSA) is 101 Å². The predicted octanol–water partition coefficient (Wildman–Crippen LogP) is 8.06. The molecule has 0 spiro atoms. The van der Waals surface area contributed by atoms with Crippen molar-refractivity contribution in [3.8, 4) is 11.3 Å². The average molecular weight is 1060 g/mol. The zero-order valence-corrected chi connectivity index (χ0v) is 40.5. The van der Waals surface area contributed by atoms with Gasteiger partial charge in [-0.05, 0) is 152 Å². The van der Waals surface area contributed by atoms with E-state index in [1.807, 2.05) is 29.2 Å². The minimum atomic E-state index is -0.292. The van der Waals surface area contributed by atoms with Crippen molar-refractivity contribution in [1.82, 2.24) is 33.8 Å². The summed E-state index contributed by atoms with van der Waals surface area (Å²) in [6.07, 6.45) is 7.56. The molecule has 328 valence electrons. The molecule has 1 N–H and O–H groups in total. The molecule has 0 radical (unpaired) electrons. The smallest absolute Gasteiger partial charge is 0.253 e. The van der Waals surface area contributed by atoms with Crippen molar-refractivity contribution in [2.45, 2.75) is 102 Å². The Kier molecular flexibility index (Phi) is 13.9. The Morgan fingerprint density at radius 1 is 0.645 bits per heavy atom. The Balaban J connectivity index is 0.000000175. The molecule has 62 heavy (non-hydrogen) atoms. The number of benzene rings is 3. The van der Waals surface area contributed by atoms with Crippen molar-refractivity contribution >= 4 is 51.1 Å². The summed E-state index contributed by atoms with van der Waals surface area (Å²) < 4.78 is 20.5. The second-order valence-corrected chi connectivity index (χ2v) is 19.8. The van der Waals surface area contributed by atoms with Gasteiger partial charge in [0.15, 0.2) is 0 Å². The van der Waals surface area contributed by atoms with Crippen LogP contribution in [-0.4, -0.2) is 116 Å². The highest BCUT2D eigenvalue weighted by molar-refractivity contribution is 14.1. The van der Waals surface area contributed by atoms with Gasteiger partial charge >= 0.3 is 0 Å². The number of aliphatic hydroxyl groups excluding tert-OH is 1. The van der Waals surface area contributed by atoms with Crippen molar-refractivity contribution in [2.75, 3.05) is 53.4 Å². The Labute approximate surface area is 393 Å². The number of aromatic nitrogens is 4. The van der Waals surface area contributed by atoms with Crippen LogP contribution in [0.5, 0.6) is 0 Å². The molecule has 3 aromatic carbocycles. The van der Waals surface area contributed by atoms with Gasteiger partial charge in [-0.1, -0.05) is 60.7 Å². The lowest BCUT2D eigenvalue weighted by atomic mass is 9.99. The highest BCUT2D eigenvalue weighted by Crippen LogP contribution is 2.39. The molecule has 2 atom stereocenters. The number of likely N-dealkylation sites (tertiary alicyclic amines) is 3. The molecule has 5 aliphatic rings. The summed E-state index contributed by atoms with van der Waals surface area (Å²) in [6.45, 7) is 9.55. The first-order chi connectivity index (χ1) is 30.1. The van der Waals surface area contributed by atoms with E-state index in [4.69, 9.17) is 19.4 Å². The van der Waals surface area contributed by atoms with E-state index < -0.39 is 0 Å². The molecule has 1 amide bonds. The maximum atomic E-state index is 13.0. The number of nitrogens with zero attached hydrogens (tertiary/aromatic N) is 7. The van der Waals surface area contributed by atoms with Crippen LogP contribution in [0.3, 0.4) is 0 Å². The molecule has 5 aromatic rings. The number of halogens is 2. The molecular weight excluding hydrogens is 1000 g/mol. The van der Waals surface area contributed by atoms with Crippen LogP contribution in [0.15, 0.2) is 72.8 Å². The summed E-state index contributed by atoms with van der Waals surface area (Å²) >= 11 is 4.75. The lowest BCUT2D eigenvalue weighted by Gasteiger charge is -2.32. The van der Waals surface area contributed by atoms with Gasteiger partial charge in [0.25, 0.3) is 5.91 Å². The van der Waals surface area contributed by atoms with E-state index in [9.17, 15) is 9.90 Å². The number of carbonyl (C=O) groups excluding carboxylic acids is 1. The molecule has 3 saturated heterocycles. The van der Waals surface area contributed by atoms with E-state index in [2.05, 4.69) is 134 Å². The van der Waals surface area contributed by atoms with Gasteiger partial charge in [-0.2, -0.15) is 0 Å². The van der Waals surface area contributed by atoms with Gasteiger partial charge in [0.2, 0.25) is 0 Å². The molecule has 0 bridgehead atoms. The molecule has 11 nitrogen and oxygen atoms in total. The standard InChI is InChI=1S/C31H38N4O3.C18H21I2N3O/c1-21-28(23-7-9-24(10-8-23)31(37)34-18-12-25(36)13-19-34)32-30-29(38-26-14-16-33(2)17-15-26)27-6-4-3-5-22(27)11-20-35(21)30;1-22-9-7-13(8-10-22)24-15-14-5-3-2-4-12(14)6-11-23-17(20)16(19)21-18(15)23/h3-10,25-26,29,36H,11-20H2,1-2H3;2-5,13,15H,6-11H2,1H3. The van der Waals surface area contributed by atoms with Crippen LogP contribution < -0.4 is 0 Å². The van der Waals surface area contributed by atoms with E-state index in [1.54, 1.807) is 0 Å². The highest BCUT2D eigenvalue weighted by atomic mass is 127. The van der Waals surface area contributed by atoms with Crippen LogP contribution in [0.2, 0.25) is 0 Å². The molecule has 7 heterocycles. The lowest BCUT2D eigenvalue weighted by molar-refractivity contribution is -0.0277. The largest absolute Gasteiger partial charge is 0.393 e. The monoisotopic (exact) mass is 1060 g/mol. The molecule has 2 aromatic heterocycles. The number of amides is 1. The van der Waals surface area contributed by atoms with Gasteiger partial charge in [-0.25, -0.2) is 9.97 Å². The number of piperidine rings is 3. The number of imidazole rings is 2. The van der Waals surface area contributed by atoms with Gasteiger partial charge in [0.05, 0.1) is 24.0 Å². The average Bonchev–Trinajstić information content (AvgIpc) is 3.65. The third kappa shape index (κ3) is 9.45. The van der Waals surface area contributed by atoms with E-state index in [-0.39, 0.29) is 30.3 Å². The van der Waals surface area contributed by atoms with E-state index >= 15 is 0 Å². The van der Waals surface area contributed by atoms with E-state index in [1.165, 1.54) is 26.0 Å². The fourth-order valence-corrected chi connectivity index (χ4v) is 11.0. The fourth-order valence-electron chi connectivity index (χ4n) is 9.84. The first kappa shape index (κ1) is 44.0. The third-order valence-corrected chi connectivity index (χ3v) is 16.5. The molecule has 3 fully saturated rings. The first-order valence-electron chi connectivity index (χ1n) is 22.5. The normalized spacial score (nSPS) is 21.5. The van der Waals surface area contributed by atoms with Crippen molar-refractivity contribution in [3.05, 3.63) is 125 Å². The van der Waals surface area contributed by atoms with Crippen LogP contribution in [-0.2, 0) is 35.4 Å². The maximum absolute atomic E-state index is 13.0. The third-order valence-electron chi connectivity index (χ3n) is 13.6. The number of hydrogen-bond donors (Lipinski definition) is 1. The Morgan fingerprint density at radius 2 is 1.15 bits per heavy atom. The molecular formula is C49H59I2N7O4. The summed E-state index contributed by atoms with van der Waals surface area (Å²) in [7, 11) is 4.36.